The number of carbonyl (C=O) groups excluding carboxylic acids is 2. The van der Waals surface area contributed by atoms with Gasteiger partial charge in [0.25, 0.3) is 5.91 Å². The van der Waals surface area contributed by atoms with E-state index in [0.717, 1.165) is 11.3 Å². The van der Waals surface area contributed by atoms with Crippen LogP contribution in [0.2, 0.25) is 0 Å². The van der Waals surface area contributed by atoms with Crippen molar-refractivity contribution in [3.63, 3.8) is 0 Å². The summed E-state index contributed by atoms with van der Waals surface area (Å²) in [6.07, 6.45) is 1.85. The molecule has 0 aromatic heterocycles. The Kier molecular flexibility index (Phi) is 8.02. The van der Waals surface area contributed by atoms with Crippen LogP contribution in [0.4, 0.5) is 0 Å². The minimum absolute atomic E-state index is 0.131. The lowest BCUT2D eigenvalue weighted by Gasteiger charge is -2.15. The van der Waals surface area contributed by atoms with Crippen molar-refractivity contribution >= 4 is 11.8 Å². The van der Waals surface area contributed by atoms with E-state index in [1.165, 1.54) is 18.0 Å². The number of rotatable bonds is 8. The Morgan fingerprint density at radius 3 is 2.54 bits per heavy atom. The van der Waals surface area contributed by atoms with E-state index < -0.39 is 5.91 Å². The zero-order valence-corrected chi connectivity index (χ0v) is 13.9. The molecule has 1 aromatic rings. The standard InChI is InChI=1S/C17H22N4O3/c1-13(22)21(10-8-18)12-15(11-19)17(23)20-9-7-14-3-5-16(24-2)6-4-14/h3-6,12H,7-10,18H2,1-2H3,(H,20,23)/b15-12-. The first kappa shape index (κ1) is 19.2. The van der Waals surface area contributed by atoms with E-state index in [9.17, 15) is 9.59 Å². The summed E-state index contributed by atoms with van der Waals surface area (Å²) < 4.78 is 5.08. The minimum atomic E-state index is -0.519. The number of hydrogen-bond donors (Lipinski definition) is 2. The summed E-state index contributed by atoms with van der Waals surface area (Å²) in [6, 6.07) is 9.31. The number of nitriles is 1. The van der Waals surface area contributed by atoms with E-state index >= 15 is 0 Å². The van der Waals surface area contributed by atoms with E-state index in [1.54, 1.807) is 7.11 Å². The van der Waals surface area contributed by atoms with Crippen molar-refractivity contribution in [2.24, 2.45) is 5.73 Å². The second-order valence-electron chi connectivity index (χ2n) is 5.01. The minimum Gasteiger partial charge on any atom is -0.497 e. The van der Waals surface area contributed by atoms with Gasteiger partial charge in [-0.05, 0) is 24.1 Å². The summed E-state index contributed by atoms with van der Waals surface area (Å²) in [7, 11) is 1.60. The van der Waals surface area contributed by atoms with Crippen LogP contribution in [0.25, 0.3) is 0 Å². The highest BCUT2D eigenvalue weighted by Gasteiger charge is 2.12. The highest BCUT2D eigenvalue weighted by molar-refractivity contribution is 5.97. The first-order valence-corrected chi connectivity index (χ1v) is 7.52. The fourth-order valence-corrected chi connectivity index (χ4v) is 1.95. The van der Waals surface area contributed by atoms with E-state index in [-0.39, 0.29) is 24.6 Å². The van der Waals surface area contributed by atoms with Crippen LogP contribution in [-0.2, 0) is 16.0 Å². The highest BCUT2D eigenvalue weighted by atomic mass is 16.5. The normalized spacial score (nSPS) is 10.7. The average molecular weight is 330 g/mol. The molecule has 1 rings (SSSR count). The van der Waals surface area contributed by atoms with E-state index in [1.807, 2.05) is 30.3 Å². The Morgan fingerprint density at radius 1 is 1.38 bits per heavy atom. The Bertz CT molecular complexity index is 632. The molecule has 0 atom stereocenters. The van der Waals surface area contributed by atoms with Gasteiger partial charge in [0.05, 0.1) is 7.11 Å². The number of amides is 2. The Balaban J connectivity index is 2.60. The molecule has 0 saturated carbocycles. The molecule has 0 aliphatic rings. The second kappa shape index (κ2) is 10.0. The van der Waals surface area contributed by atoms with Crippen LogP contribution in [0.15, 0.2) is 36.0 Å². The van der Waals surface area contributed by atoms with Gasteiger partial charge in [-0.25, -0.2) is 0 Å². The molecule has 7 heteroatoms. The van der Waals surface area contributed by atoms with Gasteiger partial charge in [-0.1, -0.05) is 12.1 Å². The molecule has 0 aliphatic carbocycles. The first-order valence-electron chi connectivity index (χ1n) is 7.52. The number of nitrogens with zero attached hydrogens (tertiary/aromatic N) is 2. The highest BCUT2D eigenvalue weighted by Crippen LogP contribution is 2.11. The van der Waals surface area contributed by atoms with E-state index in [0.29, 0.717) is 13.0 Å². The molecule has 7 nitrogen and oxygen atoms in total. The average Bonchev–Trinajstić information content (AvgIpc) is 2.58. The van der Waals surface area contributed by atoms with Crippen LogP contribution < -0.4 is 15.8 Å². The van der Waals surface area contributed by atoms with Crippen molar-refractivity contribution in [1.82, 2.24) is 10.2 Å². The molecular formula is C17H22N4O3. The molecule has 0 aliphatic heterocycles. The Labute approximate surface area is 141 Å². The number of ether oxygens (including phenoxy) is 1. The van der Waals surface area contributed by atoms with Crippen molar-refractivity contribution < 1.29 is 14.3 Å². The maximum Gasteiger partial charge on any atom is 0.263 e. The lowest BCUT2D eigenvalue weighted by molar-refractivity contribution is -0.126. The molecule has 1 aromatic carbocycles. The van der Waals surface area contributed by atoms with Gasteiger partial charge in [0.2, 0.25) is 5.91 Å². The second-order valence-corrected chi connectivity index (χ2v) is 5.01. The maximum atomic E-state index is 12.0. The Hall–Kier alpha value is -2.85. The summed E-state index contributed by atoms with van der Waals surface area (Å²) in [5.41, 5.74) is 6.31. The number of methoxy groups -OCH3 is 1. The van der Waals surface area contributed by atoms with Crippen molar-refractivity contribution in [1.29, 1.82) is 5.26 Å². The van der Waals surface area contributed by atoms with Crippen LogP contribution in [0.1, 0.15) is 12.5 Å². The molecule has 0 saturated heterocycles. The zero-order chi connectivity index (χ0) is 17.9. The van der Waals surface area contributed by atoms with Gasteiger partial charge in [0.1, 0.15) is 17.4 Å². The fourth-order valence-electron chi connectivity index (χ4n) is 1.95. The molecule has 0 bridgehead atoms. The predicted octanol–water partition coefficient (Wildman–Crippen LogP) is 0.569. The van der Waals surface area contributed by atoms with Crippen LogP contribution in [0.5, 0.6) is 5.75 Å². The van der Waals surface area contributed by atoms with Gasteiger partial charge in [-0.2, -0.15) is 5.26 Å². The first-order chi connectivity index (χ1) is 11.5. The topological polar surface area (TPSA) is 108 Å². The van der Waals surface area contributed by atoms with Gasteiger partial charge in [-0.15, -0.1) is 0 Å². The number of benzene rings is 1. The molecule has 3 N–H and O–H groups in total. The number of carbonyl (C=O) groups is 2. The van der Waals surface area contributed by atoms with E-state index in [4.69, 9.17) is 15.7 Å². The molecule has 24 heavy (non-hydrogen) atoms. The van der Waals surface area contributed by atoms with Gasteiger partial charge in [-0.3, -0.25) is 9.59 Å². The smallest absolute Gasteiger partial charge is 0.263 e. The van der Waals surface area contributed by atoms with Gasteiger partial charge < -0.3 is 20.7 Å². The van der Waals surface area contributed by atoms with Crippen molar-refractivity contribution in [3.8, 4) is 11.8 Å². The number of hydrogen-bond acceptors (Lipinski definition) is 5. The molecular weight excluding hydrogens is 308 g/mol. The summed E-state index contributed by atoms with van der Waals surface area (Å²) in [6.45, 7) is 2.22. The fraction of sp³-hybridized carbons (Fsp3) is 0.353. The molecule has 128 valence electrons. The monoisotopic (exact) mass is 330 g/mol. The summed E-state index contributed by atoms with van der Waals surface area (Å²) in [4.78, 5) is 24.7. The van der Waals surface area contributed by atoms with Crippen molar-refractivity contribution in [2.75, 3.05) is 26.7 Å². The quantitative estimate of drug-likeness (QED) is 0.535. The lowest BCUT2D eigenvalue weighted by atomic mass is 10.1. The third-order valence-corrected chi connectivity index (χ3v) is 3.28. The summed E-state index contributed by atoms with van der Waals surface area (Å²) >= 11 is 0. The van der Waals surface area contributed by atoms with Crippen molar-refractivity contribution in [2.45, 2.75) is 13.3 Å². The third kappa shape index (κ3) is 6.10. The molecule has 0 fully saturated rings. The zero-order valence-electron chi connectivity index (χ0n) is 13.9. The van der Waals surface area contributed by atoms with Gasteiger partial charge >= 0.3 is 0 Å². The molecule has 0 heterocycles. The molecule has 0 unspecified atom stereocenters. The predicted molar refractivity (Wildman–Crippen MR) is 89.8 cm³/mol. The van der Waals surface area contributed by atoms with Gasteiger partial charge in [0.15, 0.2) is 0 Å². The molecule has 0 radical (unpaired) electrons. The van der Waals surface area contributed by atoms with Crippen LogP contribution >= 0.6 is 0 Å². The summed E-state index contributed by atoms with van der Waals surface area (Å²) in [5.74, 6) is -0.0322. The lowest BCUT2D eigenvalue weighted by Crippen LogP contribution is -2.32. The third-order valence-electron chi connectivity index (χ3n) is 3.28. The number of nitrogens with two attached hydrogens (primary N) is 1. The summed E-state index contributed by atoms with van der Waals surface area (Å²) in [5, 5.41) is 11.8. The van der Waals surface area contributed by atoms with Crippen LogP contribution in [0, 0.1) is 11.3 Å². The maximum absolute atomic E-state index is 12.0. The van der Waals surface area contributed by atoms with Crippen molar-refractivity contribution in [3.05, 3.63) is 41.6 Å². The largest absolute Gasteiger partial charge is 0.497 e. The molecule has 2 amide bonds. The van der Waals surface area contributed by atoms with Crippen LogP contribution in [-0.4, -0.2) is 43.5 Å². The number of nitrogens with one attached hydrogen (secondary N) is 1. The molecule has 0 spiro atoms. The van der Waals surface area contributed by atoms with E-state index in [2.05, 4.69) is 5.32 Å². The van der Waals surface area contributed by atoms with Gasteiger partial charge in [0, 0.05) is 32.8 Å². The Morgan fingerprint density at radius 2 is 2.04 bits per heavy atom. The van der Waals surface area contributed by atoms with Crippen LogP contribution in [0.3, 0.4) is 0 Å². The SMILES string of the molecule is COc1ccc(CCNC(=O)/C(C#N)=C\N(CCN)C(C)=O)cc1.